The fourth-order valence-corrected chi connectivity index (χ4v) is 2.69. The Kier molecular flexibility index (Phi) is 7.50. The van der Waals surface area contributed by atoms with Gasteiger partial charge in [-0.15, -0.1) is 0 Å². The number of hydrogen-bond donors (Lipinski definition) is 0. The first-order chi connectivity index (χ1) is 6.62. The SMILES string of the molecule is CCCCCS(=O)(=O)CCCCC#N. The summed E-state index contributed by atoms with van der Waals surface area (Å²) in [6, 6.07) is 2.01. The van der Waals surface area contributed by atoms with E-state index in [-0.39, 0.29) is 5.75 Å². The van der Waals surface area contributed by atoms with Gasteiger partial charge in [-0.2, -0.15) is 5.26 Å². The Morgan fingerprint density at radius 3 is 2.14 bits per heavy atom. The number of rotatable bonds is 8. The third-order valence-corrected chi connectivity index (χ3v) is 3.87. The Hall–Kier alpha value is -0.560. The molecule has 0 fully saturated rings. The van der Waals surface area contributed by atoms with Crippen LogP contribution in [0.15, 0.2) is 0 Å². The van der Waals surface area contributed by atoms with Gasteiger partial charge >= 0.3 is 0 Å². The van der Waals surface area contributed by atoms with Gasteiger partial charge in [0.2, 0.25) is 0 Å². The lowest BCUT2D eigenvalue weighted by atomic mass is 10.3. The molecule has 0 heterocycles. The molecule has 0 aliphatic carbocycles. The van der Waals surface area contributed by atoms with Crippen LogP contribution in [0.3, 0.4) is 0 Å². The molecular formula is C10H19NO2S. The molecule has 14 heavy (non-hydrogen) atoms. The lowest BCUT2D eigenvalue weighted by molar-refractivity contribution is 0.587. The molecule has 0 rings (SSSR count). The van der Waals surface area contributed by atoms with Crippen molar-refractivity contribution in [3.05, 3.63) is 0 Å². The van der Waals surface area contributed by atoms with Gasteiger partial charge < -0.3 is 0 Å². The molecule has 0 atom stereocenters. The smallest absolute Gasteiger partial charge is 0.150 e. The van der Waals surface area contributed by atoms with Crippen molar-refractivity contribution in [2.75, 3.05) is 11.5 Å². The highest BCUT2D eigenvalue weighted by atomic mass is 32.2. The number of nitriles is 1. The Labute approximate surface area is 87.0 Å². The second-order valence-electron chi connectivity index (χ2n) is 3.47. The zero-order valence-corrected chi connectivity index (χ0v) is 9.65. The van der Waals surface area contributed by atoms with Gasteiger partial charge in [-0.05, 0) is 19.3 Å². The summed E-state index contributed by atoms with van der Waals surface area (Å²) < 4.78 is 22.8. The van der Waals surface area contributed by atoms with Gasteiger partial charge in [0.1, 0.15) is 9.84 Å². The van der Waals surface area contributed by atoms with Gasteiger partial charge in [0.15, 0.2) is 0 Å². The molecule has 0 saturated heterocycles. The van der Waals surface area contributed by atoms with Crippen molar-refractivity contribution < 1.29 is 8.42 Å². The van der Waals surface area contributed by atoms with E-state index in [1.165, 1.54) is 0 Å². The summed E-state index contributed by atoms with van der Waals surface area (Å²) in [6.07, 6.45) is 4.59. The summed E-state index contributed by atoms with van der Waals surface area (Å²) in [5.41, 5.74) is 0. The normalized spacial score (nSPS) is 11.1. The Morgan fingerprint density at radius 2 is 1.64 bits per heavy atom. The lowest BCUT2D eigenvalue weighted by Gasteiger charge is -2.02. The fourth-order valence-electron chi connectivity index (χ4n) is 1.20. The largest absolute Gasteiger partial charge is 0.229 e. The first-order valence-electron chi connectivity index (χ1n) is 5.19. The predicted octanol–water partition coefficient (Wildman–Crippen LogP) is 2.29. The molecular weight excluding hydrogens is 198 g/mol. The molecule has 0 spiro atoms. The quantitative estimate of drug-likeness (QED) is 0.586. The number of sulfone groups is 1. The third kappa shape index (κ3) is 8.06. The van der Waals surface area contributed by atoms with Crippen molar-refractivity contribution in [3.8, 4) is 6.07 Å². The maximum Gasteiger partial charge on any atom is 0.150 e. The van der Waals surface area contributed by atoms with Gasteiger partial charge in [0, 0.05) is 6.42 Å². The van der Waals surface area contributed by atoms with E-state index in [1.54, 1.807) is 0 Å². The third-order valence-electron chi connectivity index (χ3n) is 2.05. The first-order valence-corrected chi connectivity index (χ1v) is 7.02. The van der Waals surface area contributed by atoms with Crippen molar-refractivity contribution in [1.29, 1.82) is 5.26 Å². The van der Waals surface area contributed by atoms with Crippen LogP contribution in [-0.4, -0.2) is 19.9 Å². The van der Waals surface area contributed by atoms with Gasteiger partial charge in [0.05, 0.1) is 17.6 Å². The van der Waals surface area contributed by atoms with E-state index in [2.05, 4.69) is 6.92 Å². The van der Waals surface area contributed by atoms with Crippen LogP contribution in [0.25, 0.3) is 0 Å². The summed E-state index contributed by atoms with van der Waals surface area (Å²) in [6.45, 7) is 2.06. The van der Waals surface area contributed by atoms with E-state index < -0.39 is 9.84 Å². The summed E-state index contributed by atoms with van der Waals surface area (Å²) >= 11 is 0. The Balaban J connectivity index is 3.58. The van der Waals surface area contributed by atoms with Crippen LogP contribution in [-0.2, 0) is 9.84 Å². The predicted molar refractivity (Wildman–Crippen MR) is 57.6 cm³/mol. The standard InChI is InChI=1S/C10H19NO2S/c1-2-3-6-9-14(12,13)10-7-4-5-8-11/h2-7,9-10H2,1H3. The number of hydrogen-bond acceptors (Lipinski definition) is 3. The number of unbranched alkanes of at least 4 members (excludes halogenated alkanes) is 4. The second-order valence-corrected chi connectivity index (χ2v) is 5.78. The average molecular weight is 217 g/mol. The molecule has 0 radical (unpaired) electrons. The minimum absolute atomic E-state index is 0.248. The fraction of sp³-hybridized carbons (Fsp3) is 0.900. The van der Waals surface area contributed by atoms with Gasteiger partial charge in [-0.25, -0.2) is 8.42 Å². The molecule has 0 amide bonds. The monoisotopic (exact) mass is 217 g/mol. The van der Waals surface area contributed by atoms with Crippen LogP contribution in [0.2, 0.25) is 0 Å². The van der Waals surface area contributed by atoms with E-state index in [1.807, 2.05) is 6.07 Å². The summed E-state index contributed by atoms with van der Waals surface area (Å²) in [5, 5.41) is 8.27. The Bertz CT molecular complexity index is 264. The Morgan fingerprint density at radius 1 is 1.07 bits per heavy atom. The minimum atomic E-state index is -2.84. The van der Waals surface area contributed by atoms with Crippen molar-refractivity contribution in [2.24, 2.45) is 0 Å². The van der Waals surface area contributed by atoms with Crippen molar-refractivity contribution in [3.63, 3.8) is 0 Å². The second kappa shape index (κ2) is 7.81. The highest BCUT2D eigenvalue weighted by molar-refractivity contribution is 7.91. The first kappa shape index (κ1) is 13.4. The topological polar surface area (TPSA) is 57.9 Å². The maximum absolute atomic E-state index is 11.4. The molecule has 0 N–H and O–H groups in total. The van der Waals surface area contributed by atoms with Crippen LogP contribution in [0.4, 0.5) is 0 Å². The van der Waals surface area contributed by atoms with E-state index in [0.29, 0.717) is 25.0 Å². The average Bonchev–Trinajstić information content (AvgIpc) is 2.13. The summed E-state index contributed by atoms with van der Waals surface area (Å²) in [7, 11) is -2.84. The molecule has 82 valence electrons. The lowest BCUT2D eigenvalue weighted by Crippen LogP contribution is -2.10. The molecule has 0 aromatic carbocycles. The van der Waals surface area contributed by atoms with Crippen molar-refractivity contribution in [1.82, 2.24) is 0 Å². The van der Waals surface area contributed by atoms with Crippen LogP contribution >= 0.6 is 0 Å². The molecule has 3 nitrogen and oxygen atoms in total. The van der Waals surface area contributed by atoms with Crippen LogP contribution in [0.1, 0.15) is 45.4 Å². The highest BCUT2D eigenvalue weighted by Crippen LogP contribution is 2.04. The van der Waals surface area contributed by atoms with Crippen LogP contribution in [0, 0.1) is 11.3 Å². The molecule has 0 aliphatic rings. The van der Waals surface area contributed by atoms with Crippen LogP contribution in [0.5, 0.6) is 0 Å². The van der Waals surface area contributed by atoms with E-state index in [4.69, 9.17) is 5.26 Å². The van der Waals surface area contributed by atoms with E-state index in [0.717, 1.165) is 19.3 Å². The highest BCUT2D eigenvalue weighted by Gasteiger charge is 2.09. The molecule has 0 unspecified atom stereocenters. The molecule has 0 aromatic heterocycles. The summed E-state index contributed by atoms with van der Waals surface area (Å²) in [5.74, 6) is 0.561. The number of nitrogens with zero attached hydrogens (tertiary/aromatic N) is 1. The molecule has 0 aromatic rings. The maximum atomic E-state index is 11.4. The molecule has 0 bridgehead atoms. The minimum Gasteiger partial charge on any atom is -0.229 e. The van der Waals surface area contributed by atoms with Gasteiger partial charge in [-0.1, -0.05) is 19.8 Å². The van der Waals surface area contributed by atoms with Crippen molar-refractivity contribution >= 4 is 9.84 Å². The van der Waals surface area contributed by atoms with E-state index in [9.17, 15) is 8.42 Å². The van der Waals surface area contributed by atoms with Crippen molar-refractivity contribution in [2.45, 2.75) is 45.4 Å². The van der Waals surface area contributed by atoms with Crippen LogP contribution < -0.4 is 0 Å². The zero-order valence-electron chi connectivity index (χ0n) is 8.83. The molecule has 0 aliphatic heterocycles. The molecule has 4 heteroatoms. The molecule has 0 saturated carbocycles. The zero-order chi connectivity index (χ0) is 10.9. The van der Waals surface area contributed by atoms with E-state index >= 15 is 0 Å². The van der Waals surface area contributed by atoms with Gasteiger partial charge in [-0.3, -0.25) is 0 Å². The van der Waals surface area contributed by atoms with Gasteiger partial charge in [0.25, 0.3) is 0 Å². The summed E-state index contributed by atoms with van der Waals surface area (Å²) in [4.78, 5) is 0.